The van der Waals surface area contributed by atoms with E-state index in [0.717, 1.165) is 41.8 Å². The van der Waals surface area contributed by atoms with Gasteiger partial charge in [0.25, 0.3) is 0 Å². The number of esters is 1. The van der Waals surface area contributed by atoms with E-state index >= 15 is 0 Å². The minimum Gasteiger partial charge on any atom is -0.478 e. The SMILES string of the molecule is CCOC(=O)c1ccc(-n2ccc(OCC3C4(CC4)C34CC4)n2)nc1Cl.c1cc(OCC2C3(CC3)C23CC3)[nH]n1. The summed E-state index contributed by atoms with van der Waals surface area (Å²) in [4.78, 5) is 16.0. The summed E-state index contributed by atoms with van der Waals surface area (Å²) in [5, 5.41) is 11.2. The van der Waals surface area contributed by atoms with Gasteiger partial charge in [0.1, 0.15) is 5.15 Å². The summed E-state index contributed by atoms with van der Waals surface area (Å²) in [5.41, 5.74) is 3.03. The van der Waals surface area contributed by atoms with Gasteiger partial charge in [0.05, 0.1) is 31.6 Å². The predicted molar refractivity (Wildman–Crippen MR) is 146 cm³/mol. The highest BCUT2D eigenvalue weighted by atomic mass is 35.5. The van der Waals surface area contributed by atoms with Crippen molar-refractivity contribution >= 4 is 17.6 Å². The van der Waals surface area contributed by atoms with Gasteiger partial charge in [-0.3, -0.25) is 0 Å². The number of fused-ring (bicyclic) bond motifs is 2. The van der Waals surface area contributed by atoms with Crippen molar-refractivity contribution in [2.75, 3.05) is 19.8 Å². The molecule has 6 saturated carbocycles. The zero-order chi connectivity index (χ0) is 27.2. The smallest absolute Gasteiger partial charge is 0.341 e. The largest absolute Gasteiger partial charge is 0.478 e. The Kier molecular flexibility index (Phi) is 5.23. The van der Waals surface area contributed by atoms with Gasteiger partial charge in [-0.1, -0.05) is 11.6 Å². The molecule has 6 fully saturated rings. The van der Waals surface area contributed by atoms with Gasteiger partial charge in [-0.25, -0.2) is 19.6 Å². The van der Waals surface area contributed by atoms with E-state index in [0.29, 0.717) is 29.1 Å². The highest BCUT2D eigenvalue weighted by Gasteiger charge is 2.87. The van der Waals surface area contributed by atoms with Crippen molar-refractivity contribution in [1.29, 1.82) is 0 Å². The van der Waals surface area contributed by atoms with Crippen molar-refractivity contribution in [2.24, 2.45) is 33.5 Å². The number of hydrogen-bond donors (Lipinski definition) is 1. The number of nitrogens with one attached hydrogen (secondary N) is 1. The van der Waals surface area contributed by atoms with E-state index in [1.54, 1.807) is 36.1 Å². The molecule has 3 aromatic rings. The predicted octanol–water partition coefficient (Wildman–Crippen LogP) is 5.65. The van der Waals surface area contributed by atoms with Crippen LogP contribution in [0.4, 0.5) is 0 Å². The molecule has 0 aromatic carbocycles. The van der Waals surface area contributed by atoms with Crippen LogP contribution in [0.2, 0.25) is 5.15 Å². The lowest BCUT2D eigenvalue weighted by Gasteiger charge is -2.06. The van der Waals surface area contributed by atoms with Crippen molar-refractivity contribution in [1.82, 2.24) is 25.0 Å². The van der Waals surface area contributed by atoms with Crippen LogP contribution in [0.5, 0.6) is 11.8 Å². The Morgan fingerprint density at radius 1 is 0.950 bits per heavy atom. The van der Waals surface area contributed by atoms with E-state index in [1.165, 1.54) is 51.4 Å². The van der Waals surface area contributed by atoms with Crippen molar-refractivity contribution in [3.8, 4) is 17.6 Å². The molecule has 1 N–H and O–H groups in total. The molecule has 10 heteroatoms. The van der Waals surface area contributed by atoms with Crippen molar-refractivity contribution in [3.05, 3.63) is 47.4 Å². The molecule has 0 atom stereocenters. The molecule has 40 heavy (non-hydrogen) atoms. The first kappa shape index (κ1) is 24.7. The second-order valence-electron chi connectivity index (χ2n) is 12.6. The van der Waals surface area contributed by atoms with Crippen LogP contribution < -0.4 is 9.47 Å². The molecule has 210 valence electrons. The number of aromatic amines is 1. The molecule has 6 aliphatic rings. The van der Waals surface area contributed by atoms with Gasteiger partial charge in [0.2, 0.25) is 11.8 Å². The summed E-state index contributed by atoms with van der Waals surface area (Å²) in [5.74, 6) is 3.05. The average molecular weight is 564 g/mol. The Morgan fingerprint density at radius 3 is 2.10 bits per heavy atom. The van der Waals surface area contributed by atoms with E-state index in [9.17, 15) is 4.79 Å². The molecule has 3 aromatic heterocycles. The molecule has 6 aliphatic carbocycles. The Balaban J connectivity index is 0.000000146. The number of rotatable bonds is 9. The number of nitrogens with zero attached hydrogens (tertiary/aromatic N) is 4. The Bertz CT molecular complexity index is 1420. The molecule has 0 bridgehead atoms. The fraction of sp³-hybridized carbons (Fsp3) is 0.600. The van der Waals surface area contributed by atoms with E-state index in [2.05, 4.69) is 20.3 Å². The maximum atomic E-state index is 11.8. The number of halogens is 1. The normalized spacial score (nSPS) is 23.9. The second kappa shape index (κ2) is 8.47. The number of aromatic nitrogens is 5. The number of carbonyl (C=O) groups excluding carboxylic acids is 1. The van der Waals surface area contributed by atoms with E-state index in [1.807, 2.05) is 12.1 Å². The zero-order valence-corrected chi connectivity index (χ0v) is 23.5. The van der Waals surface area contributed by atoms with Gasteiger partial charge in [0, 0.05) is 30.2 Å². The van der Waals surface area contributed by atoms with Crippen LogP contribution in [0.25, 0.3) is 5.82 Å². The first-order chi connectivity index (χ1) is 19.5. The molecule has 3 heterocycles. The highest BCUT2D eigenvalue weighted by Crippen LogP contribution is 2.93. The fourth-order valence-electron chi connectivity index (χ4n) is 8.33. The summed E-state index contributed by atoms with van der Waals surface area (Å²) in [6.07, 6.45) is 14.9. The summed E-state index contributed by atoms with van der Waals surface area (Å²) in [7, 11) is 0. The minimum absolute atomic E-state index is 0.100. The van der Waals surface area contributed by atoms with Gasteiger partial charge in [-0.15, -0.1) is 5.10 Å². The quantitative estimate of drug-likeness (QED) is 0.265. The highest BCUT2D eigenvalue weighted by molar-refractivity contribution is 6.32. The lowest BCUT2D eigenvalue weighted by Crippen LogP contribution is -2.08. The van der Waals surface area contributed by atoms with Crippen LogP contribution in [0.15, 0.2) is 36.7 Å². The molecule has 4 spiro atoms. The first-order valence-corrected chi connectivity index (χ1v) is 15.0. The number of carbonyl (C=O) groups is 1. The second-order valence-corrected chi connectivity index (χ2v) is 13.0. The van der Waals surface area contributed by atoms with Crippen LogP contribution in [-0.2, 0) is 4.74 Å². The van der Waals surface area contributed by atoms with Crippen LogP contribution in [-0.4, -0.2) is 50.8 Å². The van der Waals surface area contributed by atoms with Crippen molar-refractivity contribution < 1.29 is 19.0 Å². The lowest BCUT2D eigenvalue weighted by molar-refractivity contribution is 0.0526. The third-order valence-electron chi connectivity index (χ3n) is 11.0. The summed E-state index contributed by atoms with van der Waals surface area (Å²) >= 11 is 6.12. The molecular weight excluding hydrogens is 530 g/mol. The molecule has 0 radical (unpaired) electrons. The van der Waals surface area contributed by atoms with E-state index < -0.39 is 5.97 Å². The van der Waals surface area contributed by atoms with Gasteiger partial charge in [-0.2, -0.15) is 5.10 Å². The Hall–Kier alpha value is -3.07. The fourth-order valence-corrected chi connectivity index (χ4v) is 8.56. The molecule has 9 nitrogen and oxygen atoms in total. The topological polar surface area (TPSA) is 104 Å². The number of H-pyrrole nitrogens is 1. The van der Waals surface area contributed by atoms with Crippen LogP contribution in [0.1, 0.15) is 68.6 Å². The van der Waals surface area contributed by atoms with Crippen molar-refractivity contribution in [3.63, 3.8) is 0 Å². The monoisotopic (exact) mass is 563 g/mol. The third-order valence-corrected chi connectivity index (χ3v) is 11.3. The number of ether oxygens (including phenoxy) is 3. The van der Waals surface area contributed by atoms with Gasteiger partial charge >= 0.3 is 5.97 Å². The summed E-state index contributed by atoms with van der Waals surface area (Å²) in [6.45, 7) is 3.70. The lowest BCUT2D eigenvalue weighted by atomic mass is 10.3. The van der Waals surface area contributed by atoms with Crippen molar-refractivity contribution in [2.45, 2.75) is 58.3 Å². The molecular formula is C30H34ClN5O4. The van der Waals surface area contributed by atoms with Crippen LogP contribution in [0, 0.1) is 33.5 Å². The molecule has 0 unspecified atom stereocenters. The molecule has 0 amide bonds. The van der Waals surface area contributed by atoms with Gasteiger partial charge in [0.15, 0.2) is 5.82 Å². The van der Waals surface area contributed by atoms with Crippen LogP contribution in [0.3, 0.4) is 0 Å². The summed E-state index contributed by atoms with van der Waals surface area (Å²) in [6, 6.07) is 7.01. The maximum Gasteiger partial charge on any atom is 0.341 e. The Labute approximate surface area is 237 Å². The molecule has 0 aliphatic heterocycles. The van der Waals surface area contributed by atoms with Gasteiger partial charge in [-0.05, 0) is 92.1 Å². The third kappa shape index (κ3) is 3.65. The average Bonchev–Trinajstić information content (AvgIpc) is 3.68. The first-order valence-electron chi connectivity index (χ1n) is 14.6. The minimum atomic E-state index is -0.478. The van der Waals surface area contributed by atoms with Crippen LogP contribution >= 0.6 is 11.6 Å². The van der Waals surface area contributed by atoms with E-state index in [-0.39, 0.29) is 10.7 Å². The summed E-state index contributed by atoms with van der Waals surface area (Å²) < 4.78 is 18.2. The maximum absolute atomic E-state index is 11.8. The Morgan fingerprint density at radius 2 is 1.57 bits per heavy atom. The number of hydrogen-bond acceptors (Lipinski definition) is 7. The number of pyridine rings is 1. The standard InChI is InChI=1S/C19H20ClN3O3.C11H14N2O/c1-2-25-17(24)12-3-4-14(21-16(12)20)23-10-5-15(22-23)26-11-13-18(6-7-18)19(13)8-9-19;1-6-12-13-9(1)14-7-8-10(2-3-10)11(8)4-5-11/h3-5,10,13H,2,6-9,11H2,1H3;1,6,8H,2-5,7H2,(H,12,13). The van der Waals surface area contributed by atoms with E-state index in [4.69, 9.17) is 25.8 Å². The molecule has 0 saturated heterocycles. The molecule has 9 rings (SSSR count). The van der Waals surface area contributed by atoms with Gasteiger partial charge < -0.3 is 14.2 Å². The zero-order valence-electron chi connectivity index (χ0n) is 22.7.